The number of allylic oxidation sites excluding steroid dienone is 5. The Morgan fingerprint density at radius 2 is 2.08 bits per heavy atom. The molecular formula is C11H14S. The van der Waals surface area contributed by atoms with E-state index in [4.69, 9.17) is 0 Å². The van der Waals surface area contributed by atoms with Crippen molar-refractivity contribution in [2.75, 3.05) is 11.5 Å². The van der Waals surface area contributed by atoms with Crippen molar-refractivity contribution in [3.63, 3.8) is 0 Å². The van der Waals surface area contributed by atoms with Crippen molar-refractivity contribution in [1.82, 2.24) is 0 Å². The fraction of sp³-hybridized carbons (Fsp3) is 0.273. The van der Waals surface area contributed by atoms with Gasteiger partial charge in [0.1, 0.15) is 0 Å². The molecule has 0 aliphatic carbocycles. The van der Waals surface area contributed by atoms with Crippen LogP contribution in [-0.4, -0.2) is 11.5 Å². The first-order chi connectivity index (χ1) is 5.88. The van der Waals surface area contributed by atoms with Crippen molar-refractivity contribution in [1.29, 1.82) is 0 Å². The van der Waals surface area contributed by atoms with E-state index in [0.29, 0.717) is 0 Å². The highest BCUT2D eigenvalue weighted by Gasteiger charge is 2.06. The van der Waals surface area contributed by atoms with Crippen LogP contribution >= 0.6 is 11.8 Å². The van der Waals surface area contributed by atoms with Gasteiger partial charge in [0.15, 0.2) is 0 Å². The van der Waals surface area contributed by atoms with E-state index < -0.39 is 0 Å². The van der Waals surface area contributed by atoms with Gasteiger partial charge in [-0.25, -0.2) is 0 Å². The summed E-state index contributed by atoms with van der Waals surface area (Å²) in [6.45, 7) is 7.47. The molecule has 0 atom stereocenters. The maximum absolute atomic E-state index is 3.81. The van der Waals surface area contributed by atoms with Crippen molar-refractivity contribution in [3.05, 3.63) is 48.6 Å². The van der Waals surface area contributed by atoms with Crippen LogP contribution in [0.15, 0.2) is 48.6 Å². The van der Waals surface area contributed by atoms with Gasteiger partial charge in [0.05, 0.1) is 0 Å². The Morgan fingerprint density at radius 3 is 2.75 bits per heavy atom. The topological polar surface area (TPSA) is 0 Å². The molecule has 0 spiro atoms. The molecule has 0 amide bonds. The van der Waals surface area contributed by atoms with E-state index >= 15 is 0 Å². The Balaban J connectivity index is 2.79. The molecule has 0 radical (unpaired) electrons. The van der Waals surface area contributed by atoms with Crippen LogP contribution in [0, 0.1) is 0 Å². The lowest BCUT2D eigenvalue weighted by Gasteiger charge is -2.14. The summed E-state index contributed by atoms with van der Waals surface area (Å²) in [5.74, 6) is 2.34. The van der Waals surface area contributed by atoms with E-state index in [1.807, 2.05) is 30.0 Å². The predicted octanol–water partition coefficient (Wildman–Crippen LogP) is 3.35. The van der Waals surface area contributed by atoms with Gasteiger partial charge >= 0.3 is 0 Å². The number of thioether (sulfide) groups is 1. The Bertz CT molecular complexity index is 233. The molecule has 0 nitrogen and oxygen atoms in total. The van der Waals surface area contributed by atoms with Crippen LogP contribution in [-0.2, 0) is 0 Å². The summed E-state index contributed by atoms with van der Waals surface area (Å²) in [5, 5.41) is 0. The third-order valence-electron chi connectivity index (χ3n) is 1.87. The van der Waals surface area contributed by atoms with E-state index in [2.05, 4.69) is 19.2 Å². The van der Waals surface area contributed by atoms with Crippen molar-refractivity contribution < 1.29 is 0 Å². The van der Waals surface area contributed by atoms with E-state index in [1.165, 1.54) is 16.9 Å². The summed E-state index contributed by atoms with van der Waals surface area (Å²) in [6.07, 6.45) is 9.08. The Labute approximate surface area is 78.7 Å². The van der Waals surface area contributed by atoms with Crippen molar-refractivity contribution in [2.24, 2.45) is 0 Å². The highest BCUT2D eigenvalue weighted by atomic mass is 32.2. The molecule has 0 aromatic rings. The lowest BCUT2D eigenvalue weighted by atomic mass is 10.1. The molecule has 0 bridgehead atoms. The van der Waals surface area contributed by atoms with E-state index in [0.717, 1.165) is 12.2 Å². The van der Waals surface area contributed by atoms with Crippen LogP contribution in [0.2, 0.25) is 0 Å². The summed E-state index contributed by atoms with van der Waals surface area (Å²) < 4.78 is 0. The summed E-state index contributed by atoms with van der Waals surface area (Å²) in [7, 11) is 0. The highest BCUT2D eigenvalue weighted by molar-refractivity contribution is 7.99. The largest absolute Gasteiger partial charge is 0.157 e. The SMILES string of the molecule is C=C/C=C\C1=C(C=C)CSCC1. The molecule has 1 aliphatic heterocycles. The monoisotopic (exact) mass is 178 g/mol. The molecule has 0 unspecified atom stereocenters. The summed E-state index contributed by atoms with van der Waals surface area (Å²) >= 11 is 1.98. The van der Waals surface area contributed by atoms with Crippen LogP contribution < -0.4 is 0 Å². The molecule has 64 valence electrons. The van der Waals surface area contributed by atoms with Crippen LogP contribution in [0.25, 0.3) is 0 Å². The molecule has 1 heteroatoms. The fourth-order valence-electron chi connectivity index (χ4n) is 1.18. The molecule has 0 saturated carbocycles. The quantitative estimate of drug-likeness (QED) is 0.597. The molecule has 0 aromatic heterocycles. The van der Waals surface area contributed by atoms with Crippen molar-refractivity contribution >= 4 is 11.8 Å². The van der Waals surface area contributed by atoms with Gasteiger partial charge in [0, 0.05) is 5.75 Å². The fourth-order valence-corrected chi connectivity index (χ4v) is 2.21. The van der Waals surface area contributed by atoms with E-state index in [9.17, 15) is 0 Å². The zero-order valence-corrected chi connectivity index (χ0v) is 8.07. The van der Waals surface area contributed by atoms with Gasteiger partial charge in [-0.05, 0) is 23.3 Å². The van der Waals surface area contributed by atoms with Crippen LogP contribution in [0.4, 0.5) is 0 Å². The van der Waals surface area contributed by atoms with Gasteiger partial charge in [0.2, 0.25) is 0 Å². The normalized spacial score (nSPS) is 18.3. The molecule has 12 heavy (non-hydrogen) atoms. The van der Waals surface area contributed by atoms with Gasteiger partial charge in [-0.1, -0.05) is 37.5 Å². The van der Waals surface area contributed by atoms with Gasteiger partial charge in [-0.3, -0.25) is 0 Å². The second-order valence-corrected chi connectivity index (χ2v) is 3.76. The molecule has 0 aromatic carbocycles. The van der Waals surface area contributed by atoms with Crippen molar-refractivity contribution in [3.8, 4) is 0 Å². The smallest absolute Gasteiger partial charge is 0.0187 e. The maximum Gasteiger partial charge on any atom is 0.0187 e. The van der Waals surface area contributed by atoms with Gasteiger partial charge in [-0.2, -0.15) is 11.8 Å². The molecule has 1 rings (SSSR count). The maximum atomic E-state index is 3.81. The first-order valence-electron chi connectivity index (χ1n) is 4.09. The first kappa shape index (κ1) is 9.40. The Kier molecular flexibility index (Phi) is 3.95. The van der Waals surface area contributed by atoms with Crippen molar-refractivity contribution in [2.45, 2.75) is 6.42 Å². The molecular weight excluding hydrogens is 164 g/mol. The van der Waals surface area contributed by atoms with Gasteiger partial charge < -0.3 is 0 Å². The van der Waals surface area contributed by atoms with Gasteiger partial charge in [-0.15, -0.1) is 0 Å². The summed E-state index contributed by atoms with van der Waals surface area (Å²) in [6, 6.07) is 0. The second kappa shape index (κ2) is 5.04. The predicted molar refractivity (Wildman–Crippen MR) is 58.5 cm³/mol. The lowest BCUT2D eigenvalue weighted by molar-refractivity contribution is 1.12. The summed E-state index contributed by atoms with van der Waals surface area (Å²) in [4.78, 5) is 0. The first-order valence-corrected chi connectivity index (χ1v) is 5.25. The Morgan fingerprint density at radius 1 is 1.25 bits per heavy atom. The third-order valence-corrected chi connectivity index (χ3v) is 2.87. The minimum Gasteiger partial charge on any atom is -0.157 e. The zero-order chi connectivity index (χ0) is 8.81. The minimum absolute atomic E-state index is 1.11. The summed E-state index contributed by atoms with van der Waals surface area (Å²) in [5.41, 5.74) is 2.80. The molecule has 1 heterocycles. The average Bonchev–Trinajstić information content (AvgIpc) is 2.15. The second-order valence-electron chi connectivity index (χ2n) is 2.65. The van der Waals surface area contributed by atoms with Gasteiger partial charge in [0.25, 0.3) is 0 Å². The van der Waals surface area contributed by atoms with Crippen LogP contribution in [0.1, 0.15) is 6.42 Å². The number of hydrogen-bond donors (Lipinski definition) is 0. The number of rotatable bonds is 3. The standard InChI is InChI=1S/C11H14S/c1-3-5-6-11-7-8-12-9-10(11)4-2/h3-6H,1-2,7-9H2/b6-5-. The lowest BCUT2D eigenvalue weighted by Crippen LogP contribution is -1.99. The Hall–Kier alpha value is -0.690. The van der Waals surface area contributed by atoms with E-state index in [1.54, 1.807) is 0 Å². The molecule has 0 N–H and O–H groups in total. The third kappa shape index (κ3) is 2.42. The molecule has 1 aliphatic rings. The van der Waals surface area contributed by atoms with Crippen LogP contribution in [0.3, 0.4) is 0 Å². The molecule has 0 fully saturated rings. The number of hydrogen-bond acceptors (Lipinski definition) is 1. The zero-order valence-electron chi connectivity index (χ0n) is 7.25. The van der Waals surface area contributed by atoms with Crippen LogP contribution in [0.5, 0.6) is 0 Å². The minimum atomic E-state index is 1.11. The average molecular weight is 178 g/mol. The highest BCUT2D eigenvalue weighted by Crippen LogP contribution is 2.24. The van der Waals surface area contributed by atoms with E-state index in [-0.39, 0.29) is 0 Å². The molecule has 0 saturated heterocycles.